The molecule has 0 bridgehead atoms. The van der Waals surface area contributed by atoms with Crippen molar-refractivity contribution >= 4 is 11.6 Å². The van der Waals surface area contributed by atoms with Crippen molar-refractivity contribution in [3.8, 4) is 17.0 Å². The summed E-state index contributed by atoms with van der Waals surface area (Å²) in [4.78, 5) is 34.3. The Kier molecular flexibility index (Phi) is 6.02. The minimum Gasteiger partial charge on any atom is -0.497 e. The Morgan fingerprint density at radius 1 is 1.19 bits per heavy atom. The number of carbonyl (C=O) groups excluding carboxylic acids is 1. The molecule has 0 unspecified atom stereocenters. The van der Waals surface area contributed by atoms with Gasteiger partial charge in [0.2, 0.25) is 5.91 Å². The molecule has 1 amide bonds. The fourth-order valence-corrected chi connectivity index (χ4v) is 3.57. The molecule has 0 aliphatic rings. The summed E-state index contributed by atoms with van der Waals surface area (Å²) in [5, 5.41) is 6.10. The molecule has 3 heterocycles. The lowest BCUT2D eigenvalue weighted by atomic mass is 10.00. The Bertz CT molecular complexity index is 1280. The van der Waals surface area contributed by atoms with E-state index in [1.165, 1.54) is 10.6 Å². The summed E-state index contributed by atoms with van der Waals surface area (Å²) >= 11 is 0. The van der Waals surface area contributed by atoms with Gasteiger partial charge >= 0.3 is 0 Å². The minimum atomic E-state index is -0.393. The number of aromatic amines is 1. The predicted octanol–water partition coefficient (Wildman–Crippen LogP) is 3.15. The number of H-pyrrole nitrogens is 1. The molecule has 32 heavy (non-hydrogen) atoms. The molecule has 0 aliphatic carbocycles. The van der Waals surface area contributed by atoms with Crippen molar-refractivity contribution in [1.29, 1.82) is 0 Å². The lowest BCUT2D eigenvalue weighted by Gasteiger charge is -2.22. The molecule has 1 atom stereocenters. The average Bonchev–Trinajstić information content (AvgIpc) is 3.23. The number of aromatic nitrogens is 4. The molecule has 4 rings (SSSR count). The molecule has 164 valence electrons. The van der Waals surface area contributed by atoms with E-state index in [0.717, 1.165) is 22.6 Å². The van der Waals surface area contributed by atoms with Gasteiger partial charge in [-0.05, 0) is 35.7 Å². The highest BCUT2D eigenvalue weighted by atomic mass is 16.5. The van der Waals surface area contributed by atoms with Crippen molar-refractivity contribution in [3.05, 3.63) is 82.5 Å². The number of hydrogen-bond donors (Lipinski definition) is 2. The van der Waals surface area contributed by atoms with E-state index in [0.29, 0.717) is 11.3 Å². The number of fused-ring (bicyclic) bond motifs is 1. The van der Waals surface area contributed by atoms with Crippen LogP contribution in [0, 0.1) is 5.92 Å². The SMILES string of the molecule is COc1ccc(CC(=O)N[C@H](c2cc(=O)n3[nH]c(-c4cccnc4)cc3n2)C(C)C)cc1. The van der Waals surface area contributed by atoms with Crippen LogP contribution in [0.25, 0.3) is 16.9 Å². The van der Waals surface area contributed by atoms with Crippen molar-refractivity contribution in [2.24, 2.45) is 5.92 Å². The predicted molar refractivity (Wildman–Crippen MR) is 121 cm³/mol. The summed E-state index contributed by atoms with van der Waals surface area (Å²) in [6, 6.07) is 14.0. The number of ether oxygens (including phenoxy) is 1. The number of amides is 1. The van der Waals surface area contributed by atoms with Crippen LogP contribution in [0.4, 0.5) is 0 Å². The number of hydrogen-bond acceptors (Lipinski definition) is 5. The molecule has 2 N–H and O–H groups in total. The first kappa shape index (κ1) is 21.3. The molecule has 0 spiro atoms. The maximum atomic E-state index is 12.8. The molecule has 0 aliphatic heterocycles. The van der Waals surface area contributed by atoms with E-state index in [1.54, 1.807) is 25.6 Å². The summed E-state index contributed by atoms with van der Waals surface area (Å²) in [5.74, 6) is 0.645. The number of rotatable bonds is 7. The zero-order valence-electron chi connectivity index (χ0n) is 18.2. The van der Waals surface area contributed by atoms with Crippen molar-refractivity contribution in [1.82, 2.24) is 24.9 Å². The highest BCUT2D eigenvalue weighted by molar-refractivity contribution is 5.79. The average molecular weight is 431 g/mol. The van der Waals surface area contributed by atoms with Gasteiger partial charge in [0.05, 0.1) is 31.0 Å². The summed E-state index contributed by atoms with van der Waals surface area (Å²) < 4.78 is 6.55. The molecule has 4 aromatic rings. The van der Waals surface area contributed by atoms with Crippen LogP contribution in [-0.4, -0.2) is 32.6 Å². The number of benzene rings is 1. The Labute approximate surface area is 185 Å². The van der Waals surface area contributed by atoms with Crippen molar-refractivity contribution in [2.75, 3.05) is 7.11 Å². The number of nitrogens with one attached hydrogen (secondary N) is 2. The lowest BCUT2D eigenvalue weighted by Crippen LogP contribution is -2.34. The second-order valence-electron chi connectivity index (χ2n) is 7.94. The summed E-state index contributed by atoms with van der Waals surface area (Å²) in [6.45, 7) is 3.97. The smallest absolute Gasteiger partial charge is 0.272 e. The fourth-order valence-electron chi connectivity index (χ4n) is 3.57. The van der Waals surface area contributed by atoms with E-state index >= 15 is 0 Å². The third kappa shape index (κ3) is 4.54. The highest BCUT2D eigenvalue weighted by Gasteiger charge is 2.22. The fraction of sp³-hybridized carbons (Fsp3) is 0.250. The maximum absolute atomic E-state index is 12.8. The van der Waals surface area contributed by atoms with E-state index < -0.39 is 6.04 Å². The Morgan fingerprint density at radius 3 is 2.62 bits per heavy atom. The van der Waals surface area contributed by atoms with E-state index in [2.05, 4.69) is 20.4 Å². The Morgan fingerprint density at radius 2 is 1.97 bits per heavy atom. The van der Waals surface area contributed by atoms with Crippen LogP contribution in [0.1, 0.15) is 31.1 Å². The number of pyridine rings is 1. The molecule has 0 fully saturated rings. The lowest BCUT2D eigenvalue weighted by molar-refractivity contribution is -0.121. The topological polar surface area (TPSA) is 101 Å². The van der Waals surface area contributed by atoms with Crippen molar-refractivity contribution in [2.45, 2.75) is 26.3 Å². The summed E-state index contributed by atoms with van der Waals surface area (Å²) in [7, 11) is 1.60. The van der Waals surface area contributed by atoms with Gasteiger partial charge in [-0.2, -0.15) is 0 Å². The molecular weight excluding hydrogens is 406 g/mol. The second kappa shape index (κ2) is 9.05. The molecule has 1 aromatic carbocycles. The van der Waals surface area contributed by atoms with Crippen LogP contribution in [0.3, 0.4) is 0 Å². The van der Waals surface area contributed by atoms with Crippen molar-refractivity contribution < 1.29 is 9.53 Å². The molecule has 0 saturated carbocycles. The molecule has 0 radical (unpaired) electrons. The number of carbonyl (C=O) groups is 1. The van der Waals surface area contributed by atoms with Crippen molar-refractivity contribution in [3.63, 3.8) is 0 Å². The van der Waals surface area contributed by atoms with Crippen LogP contribution in [-0.2, 0) is 11.2 Å². The van der Waals surface area contributed by atoms with Gasteiger partial charge in [-0.1, -0.05) is 26.0 Å². The van der Waals surface area contributed by atoms with Crippen LogP contribution in [0.2, 0.25) is 0 Å². The molecule has 8 heteroatoms. The summed E-state index contributed by atoms with van der Waals surface area (Å²) in [5.41, 5.74) is 3.25. The number of methoxy groups -OCH3 is 1. The first-order chi connectivity index (χ1) is 15.4. The van der Waals surface area contributed by atoms with Gasteiger partial charge in [-0.3, -0.25) is 19.7 Å². The monoisotopic (exact) mass is 431 g/mol. The van der Waals surface area contributed by atoms with Gasteiger partial charge < -0.3 is 10.1 Å². The van der Waals surface area contributed by atoms with E-state index in [1.807, 2.05) is 50.2 Å². The first-order valence-electron chi connectivity index (χ1n) is 10.4. The largest absolute Gasteiger partial charge is 0.497 e. The molecular formula is C24H25N5O3. The Balaban J connectivity index is 1.59. The standard InChI is InChI=1S/C24H25N5O3/c1-15(2)24(27-22(30)11-16-6-8-18(32-3)9-7-16)20-13-23(31)29-21(26-20)12-19(28-29)17-5-4-10-25-14-17/h4-10,12-15,24,28H,11H2,1-3H3,(H,27,30)/t24-/m0/s1. The minimum absolute atomic E-state index is 0.0425. The van der Waals surface area contributed by atoms with Gasteiger partial charge in [0.1, 0.15) is 5.75 Å². The van der Waals surface area contributed by atoms with Crippen LogP contribution < -0.4 is 15.6 Å². The Hall–Kier alpha value is -3.94. The van der Waals surface area contributed by atoms with Crippen LogP contribution in [0.5, 0.6) is 5.75 Å². The van der Waals surface area contributed by atoms with Gasteiger partial charge in [0.25, 0.3) is 5.56 Å². The first-order valence-corrected chi connectivity index (χ1v) is 10.4. The zero-order valence-corrected chi connectivity index (χ0v) is 18.2. The molecule has 3 aromatic heterocycles. The van der Waals surface area contributed by atoms with Gasteiger partial charge in [0.15, 0.2) is 5.65 Å². The van der Waals surface area contributed by atoms with Gasteiger partial charge in [-0.25, -0.2) is 9.50 Å². The van der Waals surface area contributed by atoms with Crippen LogP contribution in [0.15, 0.2) is 65.7 Å². The number of nitrogens with zero attached hydrogens (tertiary/aromatic N) is 3. The van der Waals surface area contributed by atoms with Crippen LogP contribution >= 0.6 is 0 Å². The van der Waals surface area contributed by atoms with E-state index in [9.17, 15) is 9.59 Å². The third-order valence-electron chi connectivity index (χ3n) is 5.27. The normalized spacial score (nSPS) is 12.1. The van der Waals surface area contributed by atoms with E-state index in [4.69, 9.17) is 4.74 Å². The third-order valence-corrected chi connectivity index (χ3v) is 5.27. The quantitative estimate of drug-likeness (QED) is 0.468. The van der Waals surface area contributed by atoms with Gasteiger partial charge in [-0.15, -0.1) is 0 Å². The highest BCUT2D eigenvalue weighted by Crippen LogP contribution is 2.22. The summed E-state index contributed by atoms with van der Waals surface area (Å²) in [6.07, 6.45) is 3.63. The zero-order chi connectivity index (χ0) is 22.7. The maximum Gasteiger partial charge on any atom is 0.272 e. The second-order valence-corrected chi connectivity index (χ2v) is 7.94. The molecule has 8 nitrogen and oxygen atoms in total. The van der Waals surface area contributed by atoms with Gasteiger partial charge in [0, 0.05) is 30.1 Å². The van der Waals surface area contributed by atoms with E-state index in [-0.39, 0.29) is 23.8 Å². The molecule has 0 saturated heterocycles.